The molecule has 1 aromatic carbocycles. The summed E-state index contributed by atoms with van der Waals surface area (Å²) in [6.45, 7) is 4.64. The number of hydrogen-bond donors (Lipinski definition) is 2. The van der Waals surface area contributed by atoms with Gasteiger partial charge in [0.1, 0.15) is 5.41 Å². The number of fused-ring (bicyclic) bond motifs is 2. The van der Waals surface area contributed by atoms with Crippen LogP contribution in [-0.4, -0.2) is 113 Å². The van der Waals surface area contributed by atoms with Crippen LogP contribution in [0, 0.1) is 23.7 Å². The molecule has 0 radical (unpaired) electrons. The van der Waals surface area contributed by atoms with Gasteiger partial charge in [-0.2, -0.15) is 4.31 Å². The summed E-state index contributed by atoms with van der Waals surface area (Å²) in [5.74, 6) is -1.31. The number of imidazole rings is 2. The number of benzene rings is 1. The summed E-state index contributed by atoms with van der Waals surface area (Å²) in [5, 5.41) is 0. The summed E-state index contributed by atoms with van der Waals surface area (Å²) < 4.78 is 30.1. The van der Waals surface area contributed by atoms with Gasteiger partial charge in [-0.3, -0.25) is 9.59 Å². The molecule has 13 heteroatoms. The van der Waals surface area contributed by atoms with Crippen molar-refractivity contribution in [3.05, 3.63) is 78.4 Å². The molecule has 2 aliphatic carbocycles. The Balaban J connectivity index is 1.27. The first-order valence-electron chi connectivity index (χ1n) is 16.0. The fourth-order valence-electron chi connectivity index (χ4n) is 7.79. The molecule has 2 aromatic heterocycles. The number of sulfonamides is 1. The fourth-order valence-corrected chi connectivity index (χ4v) is 9.81. The quantitative estimate of drug-likeness (QED) is 0.227. The highest BCUT2D eigenvalue weighted by Crippen LogP contribution is 2.64. The number of likely N-dealkylation sites (N-methyl/N-ethyl adjacent to an activating group) is 2. The average molecular weight is 649 g/mol. The van der Waals surface area contributed by atoms with Crippen LogP contribution in [0.1, 0.15) is 29.8 Å². The van der Waals surface area contributed by atoms with E-state index in [0.29, 0.717) is 65.0 Å². The molecule has 12 nitrogen and oxygen atoms in total. The number of amides is 2. The third-order valence-corrected chi connectivity index (χ3v) is 12.4. The van der Waals surface area contributed by atoms with Crippen molar-refractivity contribution in [1.82, 2.24) is 34.0 Å². The Morgan fingerprint density at radius 1 is 0.935 bits per heavy atom. The number of carbonyl (C=O) groups excluding carboxylic acids is 2. The number of anilines is 1. The van der Waals surface area contributed by atoms with Gasteiger partial charge in [-0.05, 0) is 31.4 Å². The molecule has 2 unspecified atom stereocenters. The molecule has 46 heavy (non-hydrogen) atoms. The predicted molar refractivity (Wildman–Crippen MR) is 175 cm³/mol. The highest BCUT2D eigenvalue weighted by Gasteiger charge is 2.72. The third kappa shape index (κ3) is 5.63. The molecule has 2 fully saturated rings. The first kappa shape index (κ1) is 32.0. The van der Waals surface area contributed by atoms with Crippen LogP contribution in [0.15, 0.2) is 61.5 Å². The number of carbonyl (C=O) groups is 2. The number of aromatic amines is 2. The molecule has 2 amide bonds. The van der Waals surface area contributed by atoms with Gasteiger partial charge in [0.05, 0.1) is 18.4 Å². The average Bonchev–Trinajstić information content (AvgIpc) is 3.87. The van der Waals surface area contributed by atoms with E-state index in [4.69, 9.17) is 0 Å². The van der Waals surface area contributed by atoms with Gasteiger partial charge in [-0.25, -0.2) is 18.4 Å². The van der Waals surface area contributed by atoms with Gasteiger partial charge in [-0.1, -0.05) is 30.4 Å². The van der Waals surface area contributed by atoms with Crippen molar-refractivity contribution in [2.75, 3.05) is 64.0 Å². The Labute approximate surface area is 270 Å². The Hall–Kier alpha value is -3.97. The van der Waals surface area contributed by atoms with E-state index < -0.39 is 20.9 Å². The van der Waals surface area contributed by atoms with Crippen LogP contribution in [0.5, 0.6) is 0 Å². The van der Waals surface area contributed by atoms with Gasteiger partial charge in [0.2, 0.25) is 21.8 Å². The van der Waals surface area contributed by atoms with E-state index in [-0.39, 0.29) is 23.5 Å². The van der Waals surface area contributed by atoms with Crippen molar-refractivity contribution in [2.45, 2.75) is 32.6 Å². The number of nitrogens with one attached hydrogen (secondary N) is 2. The van der Waals surface area contributed by atoms with E-state index >= 15 is 0 Å². The Morgan fingerprint density at radius 3 is 2.02 bits per heavy atom. The summed E-state index contributed by atoms with van der Waals surface area (Å²) in [6, 6.07) is 8.13. The second-order valence-corrected chi connectivity index (χ2v) is 15.0. The summed E-state index contributed by atoms with van der Waals surface area (Å²) in [6.07, 6.45) is 12.5. The summed E-state index contributed by atoms with van der Waals surface area (Å²) in [7, 11) is -0.401. The molecule has 1 aliphatic heterocycles. The van der Waals surface area contributed by atoms with Crippen LogP contribution in [0.4, 0.5) is 5.69 Å². The van der Waals surface area contributed by atoms with E-state index in [2.05, 4.69) is 43.9 Å². The number of hydrogen-bond acceptors (Lipinski definition) is 7. The molecule has 246 valence electrons. The topological polar surface area (TPSA) is 139 Å². The van der Waals surface area contributed by atoms with Crippen molar-refractivity contribution in [3.8, 4) is 0 Å². The predicted octanol–water partition coefficient (Wildman–Crippen LogP) is 2.25. The lowest BCUT2D eigenvalue weighted by Crippen LogP contribution is -2.62. The number of nitrogens with zero attached hydrogens (tertiary/aromatic N) is 6. The zero-order chi connectivity index (χ0) is 32.5. The second kappa shape index (κ2) is 12.7. The van der Waals surface area contributed by atoms with Crippen LogP contribution in [-0.2, 0) is 32.5 Å². The van der Waals surface area contributed by atoms with Gasteiger partial charge >= 0.3 is 0 Å². The molecule has 2 atom stereocenters. The Morgan fingerprint density at radius 2 is 1.52 bits per heavy atom. The Kier molecular flexibility index (Phi) is 8.81. The number of rotatable bonds is 12. The van der Waals surface area contributed by atoms with Gasteiger partial charge in [0, 0.05) is 107 Å². The van der Waals surface area contributed by atoms with Crippen LogP contribution in [0.25, 0.3) is 0 Å². The van der Waals surface area contributed by atoms with Gasteiger partial charge in [0.15, 0.2) is 0 Å². The van der Waals surface area contributed by atoms with Gasteiger partial charge < -0.3 is 24.7 Å². The molecule has 0 spiro atoms. The van der Waals surface area contributed by atoms with Crippen molar-refractivity contribution in [1.29, 1.82) is 0 Å². The van der Waals surface area contributed by atoms with E-state index in [0.717, 1.165) is 22.6 Å². The lowest BCUT2D eigenvalue weighted by Gasteiger charge is -2.45. The van der Waals surface area contributed by atoms with Gasteiger partial charge in [-0.15, -0.1) is 0 Å². The van der Waals surface area contributed by atoms with Crippen LogP contribution in [0.2, 0.25) is 0 Å². The SMILES string of the molecule is Cc1ccccc1N1CCN(S(=O)(=O)CC23C=CC(CC2)C3(C(=O)N(C)CCc2cnc[nH]2)C(=O)N(C)CCc2cnc[nH]2)CC1. The van der Waals surface area contributed by atoms with E-state index in [1.165, 1.54) is 0 Å². The normalized spacial score (nSPS) is 22.3. The fraction of sp³-hybridized carbons (Fsp3) is 0.515. The smallest absolute Gasteiger partial charge is 0.239 e. The number of para-hydroxylation sites is 1. The number of H-pyrrole nitrogens is 2. The molecule has 1 saturated carbocycles. The molecule has 6 rings (SSSR count). The maximum atomic E-state index is 14.7. The second-order valence-electron chi connectivity index (χ2n) is 13.0. The van der Waals surface area contributed by atoms with E-state index in [1.807, 2.05) is 24.3 Å². The molecule has 3 aliphatic rings. The van der Waals surface area contributed by atoms with Crippen molar-refractivity contribution in [3.63, 3.8) is 0 Å². The van der Waals surface area contributed by atoms with Crippen molar-refractivity contribution < 1.29 is 18.0 Å². The van der Waals surface area contributed by atoms with Gasteiger partial charge in [0.25, 0.3) is 0 Å². The van der Waals surface area contributed by atoms with Crippen LogP contribution >= 0.6 is 0 Å². The highest BCUT2D eigenvalue weighted by atomic mass is 32.2. The summed E-state index contributed by atoms with van der Waals surface area (Å²) in [4.78, 5) is 49.2. The molecule has 2 N–H and O–H groups in total. The molecule has 2 bridgehead atoms. The highest BCUT2D eigenvalue weighted by molar-refractivity contribution is 7.89. The van der Waals surface area contributed by atoms with Crippen molar-refractivity contribution in [2.24, 2.45) is 16.7 Å². The molecule has 3 aromatic rings. The number of allylic oxidation sites excluding steroid dienone is 2. The minimum atomic E-state index is -3.82. The number of aromatic nitrogens is 4. The van der Waals surface area contributed by atoms with Crippen LogP contribution in [0.3, 0.4) is 0 Å². The van der Waals surface area contributed by atoms with E-state index in [1.54, 1.807) is 53.2 Å². The third-order valence-electron chi connectivity index (χ3n) is 10.3. The molecule has 3 heterocycles. The van der Waals surface area contributed by atoms with E-state index in [9.17, 15) is 18.0 Å². The zero-order valence-electron chi connectivity index (χ0n) is 26.9. The monoisotopic (exact) mass is 648 g/mol. The number of piperazine rings is 1. The molecule has 1 saturated heterocycles. The Bertz CT molecular complexity index is 1610. The lowest BCUT2D eigenvalue weighted by molar-refractivity contribution is -0.161. The first-order valence-corrected chi connectivity index (χ1v) is 17.6. The largest absolute Gasteiger partial charge is 0.369 e. The number of aryl methyl sites for hydroxylation is 1. The lowest BCUT2D eigenvalue weighted by atomic mass is 9.65. The standard InChI is InChI=1S/C33H44N8O4S/c1-25-6-4-5-7-29(25)40-16-18-41(19-17-40)46(44,45)22-32-12-8-26(9-13-32)33(32,30(42)38(2)14-10-27-20-34-23-36-27)31(43)39(3)15-11-28-21-35-24-37-28/h4-8,12,20-21,23-24,26H,9-11,13-19,22H2,1-3H3,(H,34,36)(H,35,37). The molecular formula is C33H44N8O4S. The van der Waals surface area contributed by atoms with Crippen LogP contribution < -0.4 is 4.90 Å². The zero-order valence-corrected chi connectivity index (χ0v) is 27.7. The summed E-state index contributed by atoms with van der Waals surface area (Å²) >= 11 is 0. The summed E-state index contributed by atoms with van der Waals surface area (Å²) in [5.41, 5.74) is 1.33. The maximum absolute atomic E-state index is 14.7. The van der Waals surface area contributed by atoms with Crippen molar-refractivity contribution >= 4 is 27.5 Å². The maximum Gasteiger partial charge on any atom is 0.239 e. The molecular weight excluding hydrogens is 604 g/mol. The first-order chi connectivity index (χ1) is 22.1. The minimum absolute atomic E-state index is 0.280. The minimum Gasteiger partial charge on any atom is -0.369 e.